The fourth-order valence-corrected chi connectivity index (χ4v) is 2.22. The first-order valence-electron chi connectivity index (χ1n) is 8.89. The fourth-order valence-electron chi connectivity index (χ4n) is 2.22. The Morgan fingerprint density at radius 1 is 1.03 bits per heavy atom. The van der Waals surface area contributed by atoms with Gasteiger partial charge in [-0.15, -0.1) is 0 Å². The number of amides is 3. The molecule has 4 N–H and O–H groups in total. The van der Waals surface area contributed by atoms with Crippen LogP contribution >= 0.6 is 0 Å². The van der Waals surface area contributed by atoms with Crippen molar-refractivity contribution in [1.29, 1.82) is 0 Å². The molecule has 0 saturated heterocycles. The molecule has 0 aromatic heterocycles. The van der Waals surface area contributed by atoms with Crippen molar-refractivity contribution in [3.8, 4) is 17.2 Å². The van der Waals surface area contributed by atoms with Gasteiger partial charge in [0.2, 0.25) is 0 Å². The number of carbonyl (C=O) groups excluding carboxylic acids is 3. The number of hydrogen-bond donors (Lipinski definition) is 3. The van der Waals surface area contributed by atoms with Crippen molar-refractivity contribution in [2.24, 2.45) is 10.8 Å². The van der Waals surface area contributed by atoms with Crippen LogP contribution in [0.15, 0.2) is 47.6 Å². The van der Waals surface area contributed by atoms with E-state index in [9.17, 15) is 14.4 Å². The molecule has 2 aromatic carbocycles. The second kappa shape index (κ2) is 11.1. The zero-order valence-corrected chi connectivity index (χ0v) is 16.5. The van der Waals surface area contributed by atoms with Gasteiger partial charge in [0, 0.05) is 5.69 Å². The van der Waals surface area contributed by atoms with Crippen LogP contribution in [-0.2, 0) is 14.4 Å². The number of benzene rings is 2. The van der Waals surface area contributed by atoms with Gasteiger partial charge in [0.25, 0.3) is 5.91 Å². The van der Waals surface area contributed by atoms with E-state index in [1.54, 1.807) is 49.4 Å². The molecule has 0 bridgehead atoms. The van der Waals surface area contributed by atoms with Crippen LogP contribution in [0.5, 0.6) is 17.2 Å². The quantitative estimate of drug-likeness (QED) is 0.318. The first-order chi connectivity index (χ1) is 14.4. The summed E-state index contributed by atoms with van der Waals surface area (Å²) < 4.78 is 15.8. The first-order valence-corrected chi connectivity index (χ1v) is 8.89. The van der Waals surface area contributed by atoms with E-state index in [-0.39, 0.29) is 6.61 Å². The second-order valence-corrected chi connectivity index (χ2v) is 5.78. The predicted octanol–water partition coefficient (Wildman–Crippen LogP) is 1.05. The van der Waals surface area contributed by atoms with Crippen LogP contribution in [-0.4, -0.2) is 44.3 Å². The summed E-state index contributed by atoms with van der Waals surface area (Å²) in [6.07, 6.45) is 1.33. The minimum Gasteiger partial charge on any atom is -0.497 e. The summed E-state index contributed by atoms with van der Waals surface area (Å²) in [5.74, 6) is -1.07. The highest BCUT2D eigenvalue weighted by atomic mass is 16.5. The SMILES string of the molecule is CCOc1cc(C=NNC(=O)C(=O)Nc2ccc(OC)cc2)ccc1OCC(N)=O. The molecular weight excluding hydrogens is 392 g/mol. The van der Waals surface area contributed by atoms with Gasteiger partial charge < -0.3 is 25.3 Å². The molecular formula is C20H22N4O6. The first kappa shape index (κ1) is 22.2. The van der Waals surface area contributed by atoms with Crippen molar-refractivity contribution >= 4 is 29.6 Å². The lowest BCUT2D eigenvalue weighted by Gasteiger charge is -2.11. The Kier molecular flexibility index (Phi) is 8.18. The minimum absolute atomic E-state index is 0.285. The highest BCUT2D eigenvalue weighted by molar-refractivity contribution is 6.39. The van der Waals surface area contributed by atoms with Crippen molar-refractivity contribution in [1.82, 2.24) is 5.43 Å². The van der Waals surface area contributed by atoms with Gasteiger partial charge in [-0.25, -0.2) is 5.43 Å². The summed E-state index contributed by atoms with van der Waals surface area (Å²) in [7, 11) is 1.53. The van der Waals surface area contributed by atoms with Crippen molar-refractivity contribution in [2.45, 2.75) is 6.92 Å². The van der Waals surface area contributed by atoms with Crippen molar-refractivity contribution in [3.05, 3.63) is 48.0 Å². The van der Waals surface area contributed by atoms with Crippen LogP contribution in [0.3, 0.4) is 0 Å². The van der Waals surface area contributed by atoms with E-state index in [1.165, 1.54) is 13.3 Å². The molecule has 2 aromatic rings. The Balaban J connectivity index is 1.95. The van der Waals surface area contributed by atoms with Gasteiger partial charge in [0.15, 0.2) is 18.1 Å². The Labute approximate surface area is 173 Å². The summed E-state index contributed by atoms with van der Waals surface area (Å²) in [5.41, 5.74) is 8.22. The number of anilines is 1. The second-order valence-electron chi connectivity index (χ2n) is 5.78. The molecule has 158 valence electrons. The van der Waals surface area contributed by atoms with Gasteiger partial charge in [-0.2, -0.15) is 5.10 Å². The molecule has 0 heterocycles. The topological polar surface area (TPSA) is 141 Å². The average molecular weight is 414 g/mol. The van der Waals surface area contributed by atoms with Gasteiger partial charge in [-0.3, -0.25) is 14.4 Å². The van der Waals surface area contributed by atoms with Crippen molar-refractivity contribution in [2.75, 3.05) is 25.6 Å². The number of hydrazone groups is 1. The summed E-state index contributed by atoms with van der Waals surface area (Å²) >= 11 is 0. The maximum atomic E-state index is 11.9. The molecule has 0 spiro atoms. The number of ether oxygens (including phenoxy) is 3. The van der Waals surface area contributed by atoms with Crippen LogP contribution in [0.4, 0.5) is 5.69 Å². The van der Waals surface area contributed by atoms with E-state index in [0.717, 1.165) is 0 Å². The van der Waals surface area contributed by atoms with Crippen molar-refractivity contribution in [3.63, 3.8) is 0 Å². The molecule has 0 aliphatic heterocycles. The number of nitrogens with two attached hydrogens (primary N) is 1. The Morgan fingerprint density at radius 3 is 2.40 bits per heavy atom. The standard InChI is InChI=1S/C20H22N4O6/c1-3-29-17-10-13(4-9-16(17)30-12-18(21)25)11-22-24-20(27)19(26)23-14-5-7-15(28-2)8-6-14/h4-11H,3,12H2,1-2H3,(H2,21,25)(H,23,26)(H,24,27). The number of carbonyl (C=O) groups is 3. The fraction of sp³-hybridized carbons (Fsp3) is 0.200. The molecule has 0 atom stereocenters. The van der Waals surface area contributed by atoms with E-state index in [0.29, 0.717) is 35.1 Å². The number of primary amides is 1. The third-order valence-corrected chi connectivity index (χ3v) is 3.57. The third-order valence-electron chi connectivity index (χ3n) is 3.57. The van der Waals surface area contributed by atoms with E-state index in [4.69, 9.17) is 19.9 Å². The molecule has 0 radical (unpaired) electrons. The van der Waals surface area contributed by atoms with Gasteiger partial charge in [-0.05, 0) is 55.0 Å². The van der Waals surface area contributed by atoms with Crippen LogP contribution in [0, 0.1) is 0 Å². The lowest BCUT2D eigenvalue weighted by Crippen LogP contribution is -2.32. The van der Waals surface area contributed by atoms with E-state index in [1.807, 2.05) is 0 Å². The summed E-state index contributed by atoms with van der Waals surface area (Å²) in [5, 5.41) is 6.20. The van der Waals surface area contributed by atoms with Gasteiger partial charge >= 0.3 is 11.8 Å². The summed E-state index contributed by atoms with van der Waals surface area (Å²) in [4.78, 5) is 34.7. The van der Waals surface area contributed by atoms with Crippen molar-refractivity contribution < 1.29 is 28.6 Å². The smallest absolute Gasteiger partial charge is 0.329 e. The van der Waals surface area contributed by atoms with E-state index >= 15 is 0 Å². The van der Waals surface area contributed by atoms with Crippen LogP contribution in [0.1, 0.15) is 12.5 Å². The summed E-state index contributed by atoms with van der Waals surface area (Å²) in [6.45, 7) is 1.88. The zero-order chi connectivity index (χ0) is 21.9. The number of hydrogen-bond acceptors (Lipinski definition) is 7. The molecule has 30 heavy (non-hydrogen) atoms. The molecule has 0 fully saturated rings. The maximum Gasteiger partial charge on any atom is 0.329 e. The molecule has 2 rings (SSSR count). The van der Waals surface area contributed by atoms with Crippen LogP contribution < -0.4 is 30.7 Å². The minimum atomic E-state index is -0.937. The van der Waals surface area contributed by atoms with E-state index in [2.05, 4.69) is 15.8 Å². The molecule has 0 saturated carbocycles. The highest BCUT2D eigenvalue weighted by Gasteiger charge is 2.13. The van der Waals surface area contributed by atoms with Crippen LogP contribution in [0.25, 0.3) is 0 Å². The molecule has 10 heteroatoms. The largest absolute Gasteiger partial charge is 0.497 e. The number of nitrogens with one attached hydrogen (secondary N) is 2. The Bertz CT molecular complexity index is 927. The normalized spacial score (nSPS) is 10.3. The van der Waals surface area contributed by atoms with Gasteiger partial charge in [-0.1, -0.05) is 0 Å². The molecule has 0 unspecified atom stereocenters. The summed E-state index contributed by atoms with van der Waals surface area (Å²) in [6, 6.07) is 11.3. The van der Waals surface area contributed by atoms with Gasteiger partial charge in [0.05, 0.1) is 19.9 Å². The lowest BCUT2D eigenvalue weighted by molar-refractivity contribution is -0.136. The predicted molar refractivity (Wildman–Crippen MR) is 110 cm³/mol. The maximum absolute atomic E-state index is 11.9. The average Bonchev–Trinajstić information content (AvgIpc) is 2.73. The van der Waals surface area contributed by atoms with E-state index < -0.39 is 17.7 Å². The third kappa shape index (κ3) is 6.82. The number of rotatable bonds is 9. The molecule has 10 nitrogen and oxygen atoms in total. The van der Waals surface area contributed by atoms with Gasteiger partial charge in [0.1, 0.15) is 5.75 Å². The molecule has 3 amide bonds. The van der Waals surface area contributed by atoms with Crippen LogP contribution in [0.2, 0.25) is 0 Å². The Morgan fingerprint density at radius 2 is 1.77 bits per heavy atom. The lowest BCUT2D eigenvalue weighted by atomic mass is 10.2. The number of nitrogens with zero attached hydrogens (tertiary/aromatic N) is 1. The Hall–Kier alpha value is -4.08. The highest BCUT2D eigenvalue weighted by Crippen LogP contribution is 2.28. The monoisotopic (exact) mass is 414 g/mol. The molecule has 0 aliphatic rings. The number of methoxy groups -OCH3 is 1. The zero-order valence-electron chi connectivity index (χ0n) is 16.5. The molecule has 0 aliphatic carbocycles.